The van der Waals surface area contributed by atoms with Crippen LogP contribution >= 0.6 is 0 Å². The van der Waals surface area contributed by atoms with Gasteiger partial charge in [0, 0.05) is 18.8 Å². The summed E-state index contributed by atoms with van der Waals surface area (Å²) in [7, 11) is 0. The lowest BCUT2D eigenvalue weighted by atomic mass is 9.78. The minimum Gasteiger partial charge on any atom is -0.478 e. The molecule has 2 fully saturated rings. The molecule has 1 aliphatic carbocycles. The molecule has 1 saturated heterocycles. The molecule has 2 N–H and O–H groups in total. The third-order valence-electron chi connectivity index (χ3n) is 4.83. The average molecular weight is 318 g/mol. The Kier molecular flexibility index (Phi) is 4.61. The molecule has 0 bridgehead atoms. The lowest BCUT2D eigenvalue weighted by Gasteiger charge is -2.43. The number of amides is 1. The zero-order chi connectivity index (χ0) is 16.3. The number of carboxylic acids is 1. The van der Waals surface area contributed by atoms with Crippen molar-refractivity contribution in [2.75, 3.05) is 6.61 Å². The first kappa shape index (κ1) is 15.9. The zero-order valence-electron chi connectivity index (χ0n) is 13.1. The van der Waals surface area contributed by atoms with Gasteiger partial charge in [0.2, 0.25) is 0 Å². The second kappa shape index (κ2) is 6.66. The number of rotatable bonds is 3. The highest BCUT2D eigenvalue weighted by atomic mass is 16.5. The van der Waals surface area contributed by atoms with Gasteiger partial charge < -0.3 is 15.2 Å². The van der Waals surface area contributed by atoms with Gasteiger partial charge in [0.1, 0.15) is 5.69 Å². The smallest absolute Gasteiger partial charge is 0.335 e. The zero-order valence-corrected chi connectivity index (χ0v) is 13.1. The molecule has 0 aromatic carbocycles. The third kappa shape index (κ3) is 3.69. The Hall–Kier alpha value is -1.95. The van der Waals surface area contributed by atoms with Gasteiger partial charge in [-0.1, -0.05) is 19.3 Å². The second-order valence-electron chi connectivity index (χ2n) is 6.49. The number of aromatic nitrogens is 1. The molecule has 3 rings (SSSR count). The quantitative estimate of drug-likeness (QED) is 0.893. The van der Waals surface area contributed by atoms with E-state index in [4.69, 9.17) is 9.84 Å². The minimum atomic E-state index is -1.06. The third-order valence-corrected chi connectivity index (χ3v) is 4.83. The Morgan fingerprint density at radius 1 is 1.30 bits per heavy atom. The summed E-state index contributed by atoms with van der Waals surface area (Å²) in [4.78, 5) is 27.3. The number of ether oxygens (including phenoxy) is 1. The molecule has 1 saturated carbocycles. The van der Waals surface area contributed by atoms with Crippen molar-refractivity contribution in [3.05, 3.63) is 29.6 Å². The van der Waals surface area contributed by atoms with Gasteiger partial charge in [-0.3, -0.25) is 9.78 Å². The number of carbonyl (C=O) groups is 2. The van der Waals surface area contributed by atoms with E-state index in [1.54, 1.807) is 0 Å². The van der Waals surface area contributed by atoms with Gasteiger partial charge in [0.05, 0.1) is 11.2 Å². The monoisotopic (exact) mass is 318 g/mol. The van der Waals surface area contributed by atoms with E-state index < -0.39 is 5.97 Å². The van der Waals surface area contributed by atoms with Crippen LogP contribution in [-0.2, 0) is 4.74 Å². The molecule has 1 aliphatic heterocycles. The van der Waals surface area contributed by atoms with Gasteiger partial charge >= 0.3 is 5.97 Å². The SMILES string of the molecule is O=C(O)c1ccnc(C(=O)NC2CCOC3(CCCCC3)C2)c1. The van der Waals surface area contributed by atoms with E-state index >= 15 is 0 Å². The number of hydrogen-bond donors (Lipinski definition) is 2. The maximum absolute atomic E-state index is 12.4. The fraction of sp³-hybridized carbons (Fsp3) is 0.588. The highest BCUT2D eigenvalue weighted by Gasteiger charge is 2.39. The molecule has 6 nitrogen and oxygen atoms in total. The number of pyridine rings is 1. The van der Waals surface area contributed by atoms with Gasteiger partial charge in [-0.2, -0.15) is 0 Å². The summed E-state index contributed by atoms with van der Waals surface area (Å²) in [6.45, 7) is 0.660. The van der Waals surface area contributed by atoms with E-state index in [1.165, 1.54) is 37.6 Å². The maximum atomic E-state index is 12.4. The van der Waals surface area contributed by atoms with Crippen LogP contribution in [0.5, 0.6) is 0 Å². The predicted molar refractivity (Wildman–Crippen MR) is 83.5 cm³/mol. The molecule has 1 unspecified atom stereocenters. The molecule has 23 heavy (non-hydrogen) atoms. The summed E-state index contributed by atoms with van der Waals surface area (Å²) in [5, 5.41) is 12.0. The van der Waals surface area contributed by atoms with Crippen LogP contribution in [0.1, 0.15) is 65.8 Å². The Morgan fingerprint density at radius 2 is 2.09 bits per heavy atom. The van der Waals surface area contributed by atoms with Crippen molar-refractivity contribution in [3.8, 4) is 0 Å². The van der Waals surface area contributed by atoms with E-state index in [0.29, 0.717) is 6.61 Å². The Balaban J connectivity index is 1.65. The van der Waals surface area contributed by atoms with Gasteiger partial charge in [-0.15, -0.1) is 0 Å². The lowest BCUT2D eigenvalue weighted by molar-refractivity contribution is -0.108. The first-order valence-electron chi connectivity index (χ1n) is 8.22. The van der Waals surface area contributed by atoms with Crippen LogP contribution < -0.4 is 5.32 Å². The van der Waals surface area contributed by atoms with Crippen LogP contribution in [0.4, 0.5) is 0 Å². The molecule has 1 aromatic rings. The summed E-state index contributed by atoms with van der Waals surface area (Å²) in [6.07, 6.45) is 8.71. The van der Waals surface area contributed by atoms with Crippen LogP contribution in [0.2, 0.25) is 0 Å². The first-order valence-corrected chi connectivity index (χ1v) is 8.22. The minimum absolute atomic E-state index is 0.0598. The number of nitrogens with zero attached hydrogens (tertiary/aromatic N) is 1. The molecule has 0 radical (unpaired) electrons. The topological polar surface area (TPSA) is 88.5 Å². The highest BCUT2D eigenvalue weighted by Crippen LogP contribution is 2.38. The fourth-order valence-corrected chi connectivity index (χ4v) is 3.64. The molecular formula is C17H22N2O4. The molecule has 2 aliphatic rings. The molecule has 124 valence electrons. The molecule has 1 spiro atoms. The number of aromatic carboxylic acids is 1. The van der Waals surface area contributed by atoms with Crippen LogP contribution in [0.25, 0.3) is 0 Å². The molecule has 1 atom stereocenters. The number of carbonyl (C=O) groups excluding carboxylic acids is 1. The largest absolute Gasteiger partial charge is 0.478 e. The fourth-order valence-electron chi connectivity index (χ4n) is 3.64. The molecule has 1 amide bonds. The van der Waals surface area contributed by atoms with Crippen LogP contribution in [0.15, 0.2) is 18.3 Å². The van der Waals surface area contributed by atoms with Gasteiger partial charge in [0.25, 0.3) is 5.91 Å². The van der Waals surface area contributed by atoms with E-state index in [1.807, 2.05) is 0 Å². The number of nitrogens with one attached hydrogen (secondary N) is 1. The van der Waals surface area contributed by atoms with Crippen molar-refractivity contribution in [1.82, 2.24) is 10.3 Å². The van der Waals surface area contributed by atoms with Crippen molar-refractivity contribution in [3.63, 3.8) is 0 Å². The van der Waals surface area contributed by atoms with E-state index in [-0.39, 0.29) is 28.8 Å². The van der Waals surface area contributed by atoms with Gasteiger partial charge in [0.15, 0.2) is 0 Å². The van der Waals surface area contributed by atoms with Crippen molar-refractivity contribution in [2.45, 2.75) is 56.6 Å². The van der Waals surface area contributed by atoms with Crippen LogP contribution in [-0.4, -0.2) is 40.2 Å². The Bertz CT molecular complexity index is 591. The predicted octanol–water partition coefficient (Wildman–Crippen LogP) is 2.39. The Labute approximate surface area is 135 Å². The summed E-state index contributed by atoms with van der Waals surface area (Å²) < 4.78 is 6.03. The van der Waals surface area contributed by atoms with Crippen LogP contribution in [0.3, 0.4) is 0 Å². The molecular weight excluding hydrogens is 296 g/mol. The van der Waals surface area contributed by atoms with Crippen molar-refractivity contribution < 1.29 is 19.4 Å². The summed E-state index contributed by atoms with van der Waals surface area (Å²) in [6, 6.07) is 2.75. The Morgan fingerprint density at radius 3 is 2.83 bits per heavy atom. The molecule has 1 aromatic heterocycles. The van der Waals surface area contributed by atoms with Gasteiger partial charge in [-0.25, -0.2) is 4.79 Å². The standard InChI is InChI=1S/C17H22N2O4/c20-15(14-10-12(16(21)22)4-8-18-14)19-13-5-9-23-17(11-13)6-2-1-3-7-17/h4,8,10,13H,1-3,5-7,9,11H2,(H,19,20)(H,21,22). The summed E-state index contributed by atoms with van der Waals surface area (Å²) in [5.74, 6) is -1.38. The van der Waals surface area contributed by atoms with Gasteiger partial charge in [-0.05, 0) is 37.8 Å². The first-order chi connectivity index (χ1) is 11.1. The van der Waals surface area contributed by atoms with E-state index in [0.717, 1.165) is 25.7 Å². The number of carboxylic acid groups (broad SMARTS) is 1. The van der Waals surface area contributed by atoms with Crippen LogP contribution in [0, 0.1) is 0 Å². The second-order valence-corrected chi connectivity index (χ2v) is 6.49. The summed E-state index contributed by atoms with van der Waals surface area (Å²) in [5.41, 5.74) is 0.139. The summed E-state index contributed by atoms with van der Waals surface area (Å²) >= 11 is 0. The van der Waals surface area contributed by atoms with Crippen molar-refractivity contribution >= 4 is 11.9 Å². The molecule has 6 heteroatoms. The highest BCUT2D eigenvalue weighted by molar-refractivity contribution is 5.95. The van der Waals surface area contributed by atoms with Crippen molar-refractivity contribution in [2.24, 2.45) is 0 Å². The normalized spacial score (nSPS) is 23.4. The lowest BCUT2D eigenvalue weighted by Crippen LogP contribution is -2.49. The average Bonchev–Trinajstić information content (AvgIpc) is 2.55. The molecule has 2 heterocycles. The number of hydrogen-bond acceptors (Lipinski definition) is 4. The maximum Gasteiger partial charge on any atom is 0.335 e. The van der Waals surface area contributed by atoms with E-state index in [9.17, 15) is 9.59 Å². The van der Waals surface area contributed by atoms with Crippen molar-refractivity contribution in [1.29, 1.82) is 0 Å². The van der Waals surface area contributed by atoms with E-state index in [2.05, 4.69) is 10.3 Å².